The van der Waals surface area contributed by atoms with E-state index in [2.05, 4.69) is 17.2 Å². The zero-order valence-electron chi connectivity index (χ0n) is 9.12. The molecular weight excluding hydrogens is 204 g/mol. The third kappa shape index (κ3) is 1.79. The number of amides is 1. The second-order valence-electron chi connectivity index (χ2n) is 3.57. The summed E-state index contributed by atoms with van der Waals surface area (Å²) in [6.45, 7) is 4.22. The molecule has 4 nitrogen and oxygen atoms in total. The number of carbonyl (C=O) groups excluding carboxylic acids is 1. The Labute approximate surface area is 94.3 Å². The van der Waals surface area contributed by atoms with Crippen molar-refractivity contribution < 1.29 is 9.53 Å². The number of nitrogens with one attached hydrogen (secondary N) is 2. The van der Waals surface area contributed by atoms with Crippen molar-refractivity contribution >= 4 is 11.6 Å². The van der Waals surface area contributed by atoms with E-state index in [0.717, 1.165) is 17.0 Å². The molecule has 1 amide bonds. The van der Waals surface area contributed by atoms with Gasteiger partial charge >= 0.3 is 0 Å². The smallest absolute Gasteiger partial charge is 0.246 e. The van der Waals surface area contributed by atoms with E-state index in [4.69, 9.17) is 4.74 Å². The molecule has 1 aliphatic heterocycles. The van der Waals surface area contributed by atoms with Crippen molar-refractivity contribution in [1.82, 2.24) is 5.32 Å². The minimum atomic E-state index is -0.293. The van der Waals surface area contributed by atoms with Crippen molar-refractivity contribution in [3.63, 3.8) is 0 Å². The summed E-state index contributed by atoms with van der Waals surface area (Å²) in [5, 5.41) is 5.92. The zero-order chi connectivity index (χ0) is 11.5. The van der Waals surface area contributed by atoms with Crippen LogP contribution in [0.3, 0.4) is 0 Å². The Hall–Kier alpha value is -1.81. The maximum absolute atomic E-state index is 11.7. The van der Waals surface area contributed by atoms with E-state index in [-0.39, 0.29) is 11.9 Å². The molecule has 1 aromatic carbocycles. The molecule has 16 heavy (non-hydrogen) atoms. The highest BCUT2D eigenvalue weighted by atomic mass is 16.5. The maximum atomic E-state index is 11.7. The lowest BCUT2D eigenvalue weighted by atomic mass is 10.1. The van der Waals surface area contributed by atoms with Gasteiger partial charge in [-0.3, -0.25) is 10.1 Å². The molecule has 1 aromatic rings. The van der Waals surface area contributed by atoms with Crippen molar-refractivity contribution in [2.75, 3.05) is 19.0 Å². The number of carbonyl (C=O) groups is 1. The van der Waals surface area contributed by atoms with Crippen LogP contribution in [0.5, 0.6) is 5.75 Å². The Morgan fingerprint density at radius 3 is 3.12 bits per heavy atom. The molecule has 0 bridgehead atoms. The van der Waals surface area contributed by atoms with Crippen molar-refractivity contribution in [3.8, 4) is 5.75 Å². The molecule has 2 N–H and O–H groups in total. The molecule has 0 aliphatic carbocycles. The van der Waals surface area contributed by atoms with Gasteiger partial charge in [-0.1, -0.05) is 12.1 Å². The summed E-state index contributed by atoms with van der Waals surface area (Å²) in [4.78, 5) is 11.7. The molecule has 84 valence electrons. The van der Waals surface area contributed by atoms with Crippen LogP contribution in [0.4, 0.5) is 5.69 Å². The summed E-state index contributed by atoms with van der Waals surface area (Å²) in [7, 11) is 1.60. The van der Waals surface area contributed by atoms with Crippen LogP contribution in [0, 0.1) is 0 Å². The molecule has 0 spiro atoms. The third-order valence-corrected chi connectivity index (χ3v) is 2.56. The van der Waals surface area contributed by atoms with Crippen LogP contribution < -0.4 is 15.4 Å². The van der Waals surface area contributed by atoms with E-state index >= 15 is 0 Å². The van der Waals surface area contributed by atoms with Gasteiger partial charge in [0.2, 0.25) is 5.91 Å². The van der Waals surface area contributed by atoms with Gasteiger partial charge in [0.1, 0.15) is 11.8 Å². The molecule has 0 saturated heterocycles. The predicted octanol–water partition coefficient (Wildman–Crippen LogP) is 1.46. The first kappa shape index (κ1) is 10.7. The van der Waals surface area contributed by atoms with Gasteiger partial charge in [0, 0.05) is 23.9 Å². The Balaban J connectivity index is 2.27. The van der Waals surface area contributed by atoms with Crippen molar-refractivity contribution in [2.24, 2.45) is 0 Å². The first-order valence-electron chi connectivity index (χ1n) is 5.09. The molecule has 1 unspecified atom stereocenters. The van der Waals surface area contributed by atoms with E-state index in [0.29, 0.717) is 6.54 Å². The van der Waals surface area contributed by atoms with Crippen LogP contribution in [0.2, 0.25) is 0 Å². The number of fused-ring (bicyclic) bond motifs is 1. The summed E-state index contributed by atoms with van der Waals surface area (Å²) in [5.74, 6) is 0.702. The van der Waals surface area contributed by atoms with Crippen molar-refractivity contribution in [3.05, 3.63) is 36.4 Å². The van der Waals surface area contributed by atoms with Crippen molar-refractivity contribution in [2.45, 2.75) is 6.04 Å². The lowest BCUT2D eigenvalue weighted by molar-refractivity contribution is -0.117. The fourth-order valence-electron chi connectivity index (χ4n) is 1.77. The summed E-state index contributed by atoms with van der Waals surface area (Å²) < 4.78 is 5.10. The Bertz CT molecular complexity index is 429. The first-order chi connectivity index (χ1) is 7.76. The summed E-state index contributed by atoms with van der Waals surface area (Å²) >= 11 is 0. The lowest BCUT2D eigenvalue weighted by Crippen LogP contribution is -2.27. The van der Waals surface area contributed by atoms with Gasteiger partial charge in [0.15, 0.2) is 0 Å². The molecule has 4 heteroatoms. The summed E-state index contributed by atoms with van der Waals surface area (Å²) in [6, 6.07) is 5.27. The molecular formula is C12H14N2O2. The quantitative estimate of drug-likeness (QED) is 0.752. The molecule has 0 radical (unpaired) electrons. The van der Waals surface area contributed by atoms with E-state index in [1.807, 2.05) is 18.2 Å². The van der Waals surface area contributed by atoms with Gasteiger partial charge in [-0.05, 0) is 6.07 Å². The summed E-state index contributed by atoms with van der Waals surface area (Å²) in [5.41, 5.74) is 1.76. The Morgan fingerprint density at radius 1 is 1.62 bits per heavy atom. The highest BCUT2D eigenvalue weighted by molar-refractivity contribution is 6.02. The number of rotatable bonds is 4. The van der Waals surface area contributed by atoms with Gasteiger partial charge in [-0.25, -0.2) is 0 Å². The van der Waals surface area contributed by atoms with Gasteiger partial charge in [-0.2, -0.15) is 0 Å². The fourth-order valence-corrected chi connectivity index (χ4v) is 1.77. The van der Waals surface area contributed by atoms with E-state index in [1.165, 1.54) is 0 Å². The first-order valence-corrected chi connectivity index (χ1v) is 5.09. The van der Waals surface area contributed by atoms with Crippen LogP contribution in [0.25, 0.3) is 0 Å². The van der Waals surface area contributed by atoms with Crippen LogP contribution in [0.1, 0.15) is 11.6 Å². The van der Waals surface area contributed by atoms with Crippen molar-refractivity contribution in [1.29, 1.82) is 0 Å². The Morgan fingerprint density at radius 2 is 2.44 bits per heavy atom. The highest BCUT2D eigenvalue weighted by Gasteiger charge is 2.29. The van der Waals surface area contributed by atoms with Crippen LogP contribution in [-0.2, 0) is 4.79 Å². The van der Waals surface area contributed by atoms with E-state index in [9.17, 15) is 4.79 Å². The third-order valence-electron chi connectivity index (χ3n) is 2.56. The number of hydrogen-bond acceptors (Lipinski definition) is 3. The average Bonchev–Trinajstić information content (AvgIpc) is 2.61. The van der Waals surface area contributed by atoms with Crippen LogP contribution >= 0.6 is 0 Å². The number of methoxy groups -OCH3 is 1. The second kappa shape index (κ2) is 4.37. The van der Waals surface area contributed by atoms with Gasteiger partial charge in [0.05, 0.1) is 7.11 Å². The number of ether oxygens (including phenoxy) is 1. The van der Waals surface area contributed by atoms with Crippen LogP contribution in [0.15, 0.2) is 30.9 Å². The molecule has 0 saturated carbocycles. The summed E-state index contributed by atoms with van der Waals surface area (Å²) in [6.07, 6.45) is 1.73. The number of benzene rings is 1. The predicted molar refractivity (Wildman–Crippen MR) is 62.6 cm³/mol. The highest BCUT2D eigenvalue weighted by Crippen LogP contribution is 2.33. The van der Waals surface area contributed by atoms with Gasteiger partial charge < -0.3 is 10.1 Å². The Kier molecular flexibility index (Phi) is 2.92. The standard InChI is InChI=1S/C12H14N2O2/c1-3-6-13-11-9-5-4-8(16-2)7-10(9)14-12(11)15/h3-5,7,11,13H,1,6H2,2H3,(H,14,15). The molecule has 1 atom stereocenters. The number of hydrogen-bond donors (Lipinski definition) is 2. The van der Waals surface area contributed by atoms with Gasteiger partial charge in [0.25, 0.3) is 0 Å². The normalized spacial score (nSPS) is 17.8. The lowest BCUT2D eigenvalue weighted by Gasteiger charge is -2.09. The topological polar surface area (TPSA) is 50.4 Å². The molecule has 1 aliphatic rings. The van der Waals surface area contributed by atoms with Gasteiger partial charge in [-0.15, -0.1) is 6.58 Å². The number of anilines is 1. The second-order valence-corrected chi connectivity index (χ2v) is 3.57. The molecule has 0 fully saturated rings. The minimum absolute atomic E-state index is 0.0369. The molecule has 1 heterocycles. The minimum Gasteiger partial charge on any atom is -0.497 e. The molecule has 2 rings (SSSR count). The molecule has 0 aromatic heterocycles. The van der Waals surface area contributed by atoms with Crippen LogP contribution in [-0.4, -0.2) is 19.6 Å². The largest absolute Gasteiger partial charge is 0.497 e. The SMILES string of the molecule is C=CCNC1C(=O)Nc2cc(OC)ccc21. The van der Waals surface area contributed by atoms with E-state index in [1.54, 1.807) is 13.2 Å². The average molecular weight is 218 g/mol. The zero-order valence-corrected chi connectivity index (χ0v) is 9.12. The fraction of sp³-hybridized carbons (Fsp3) is 0.250. The van der Waals surface area contributed by atoms with E-state index < -0.39 is 0 Å². The monoisotopic (exact) mass is 218 g/mol. The maximum Gasteiger partial charge on any atom is 0.246 e.